The van der Waals surface area contributed by atoms with E-state index in [9.17, 15) is 4.79 Å². The quantitative estimate of drug-likeness (QED) is 0.247. The molecule has 3 aromatic rings. The summed E-state index contributed by atoms with van der Waals surface area (Å²) in [6.45, 7) is 8.35. The molecule has 3 rings (SSSR count). The number of hydroxylamine groups is 1. The number of hydrogen-bond acceptors (Lipinski definition) is 4. The van der Waals surface area contributed by atoms with E-state index < -0.39 is 14.4 Å². The number of hydrogen-bond donors (Lipinski definition) is 0. The highest BCUT2D eigenvalue weighted by Crippen LogP contribution is 2.38. The molecule has 3 aromatic carbocycles. The average molecular weight is 420 g/mol. The third-order valence-corrected chi connectivity index (χ3v) is 5.46. The number of methoxy groups -OCH3 is 1. The van der Waals surface area contributed by atoms with Crippen LogP contribution in [0.1, 0.15) is 27.5 Å². The number of rotatable bonds is 8. The second-order valence-electron chi connectivity index (χ2n) is 8.19. The molecule has 0 aliphatic rings. The fourth-order valence-corrected chi connectivity index (χ4v) is 4.17. The van der Waals surface area contributed by atoms with Crippen LogP contribution >= 0.6 is 0 Å². The molecule has 0 aliphatic heterocycles. The van der Waals surface area contributed by atoms with Crippen LogP contribution in [0.15, 0.2) is 78.9 Å². The van der Waals surface area contributed by atoms with Gasteiger partial charge in [-0.2, -0.15) is 0 Å². The monoisotopic (exact) mass is 419 g/mol. The summed E-state index contributed by atoms with van der Waals surface area (Å²) in [7, 11) is -0.448. The van der Waals surface area contributed by atoms with Crippen molar-refractivity contribution in [2.24, 2.45) is 0 Å². The second kappa shape index (κ2) is 9.28. The predicted octanol–water partition coefficient (Wildman–Crippen LogP) is 6.20. The van der Waals surface area contributed by atoms with E-state index in [0.717, 1.165) is 16.8 Å². The number of para-hydroxylation sites is 2. The largest absolute Gasteiger partial charge is 0.494 e. The number of anilines is 1. The van der Waals surface area contributed by atoms with Crippen molar-refractivity contribution in [1.29, 1.82) is 0 Å². The topological polar surface area (TPSA) is 38.8 Å². The summed E-state index contributed by atoms with van der Waals surface area (Å²) >= 11 is 0. The van der Waals surface area contributed by atoms with Gasteiger partial charge in [-0.15, -0.1) is 0 Å². The van der Waals surface area contributed by atoms with Crippen molar-refractivity contribution in [2.45, 2.75) is 32.6 Å². The molecular weight excluding hydrogens is 390 g/mol. The van der Waals surface area contributed by atoms with Crippen LogP contribution in [0.3, 0.4) is 0 Å². The number of ketones is 1. The molecule has 1 unspecified atom stereocenters. The normalized spacial score (nSPS) is 12.3. The Morgan fingerprint density at radius 3 is 2.10 bits per heavy atom. The molecule has 4 nitrogen and oxygen atoms in total. The summed E-state index contributed by atoms with van der Waals surface area (Å²) < 4.78 is 12.2. The smallest absolute Gasteiger partial charge is 0.220 e. The van der Waals surface area contributed by atoms with Crippen LogP contribution in [-0.2, 0) is 4.53 Å². The Hall–Kier alpha value is -2.89. The van der Waals surface area contributed by atoms with E-state index in [0.29, 0.717) is 11.3 Å². The highest BCUT2D eigenvalue weighted by Gasteiger charge is 2.35. The second-order valence-corrected chi connectivity index (χ2v) is 12.6. The van der Waals surface area contributed by atoms with Crippen molar-refractivity contribution >= 4 is 19.8 Å². The molecule has 0 saturated carbocycles. The zero-order valence-corrected chi connectivity index (χ0v) is 19.3. The van der Waals surface area contributed by atoms with Gasteiger partial charge in [-0.05, 0) is 49.8 Å². The Balaban J connectivity index is 2.23. The number of carbonyl (C=O) groups is 1. The van der Waals surface area contributed by atoms with Gasteiger partial charge in [-0.3, -0.25) is 4.79 Å². The number of aryl methyl sites for hydroxylation is 1. The van der Waals surface area contributed by atoms with Crippen molar-refractivity contribution in [3.63, 3.8) is 0 Å². The van der Waals surface area contributed by atoms with E-state index in [4.69, 9.17) is 9.26 Å². The standard InChI is InChI=1S/C25H29NO3Si/c1-19-13-9-10-16-21(19)24(25(27)20-14-7-6-8-15-20)26(29-30(3,4)5)22-17-11-12-18-23(22)28-2/h6-18,24H,1-5H3. The molecule has 0 spiro atoms. The van der Waals surface area contributed by atoms with Gasteiger partial charge < -0.3 is 9.26 Å². The first-order chi connectivity index (χ1) is 14.3. The lowest BCUT2D eigenvalue weighted by Gasteiger charge is -2.37. The zero-order chi connectivity index (χ0) is 21.7. The van der Waals surface area contributed by atoms with E-state index in [-0.39, 0.29) is 5.78 Å². The van der Waals surface area contributed by atoms with Crippen molar-refractivity contribution in [1.82, 2.24) is 0 Å². The summed E-state index contributed by atoms with van der Waals surface area (Å²) in [5.41, 5.74) is 3.33. The molecule has 5 heteroatoms. The molecule has 0 aliphatic carbocycles. The molecule has 0 amide bonds. The van der Waals surface area contributed by atoms with E-state index in [1.54, 1.807) is 12.2 Å². The van der Waals surface area contributed by atoms with Crippen LogP contribution in [0.2, 0.25) is 19.6 Å². The molecule has 0 heterocycles. The molecule has 0 radical (unpaired) electrons. The van der Waals surface area contributed by atoms with Gasteiger partial charge in [-0.25, -0.2) is 5.06 Å². The third-order valence-electron chi connectivity index (χ3n) is 4.72. The van der Waals surface area contributed by atoms with Crippen LogP contribution in [-0.4, -0.2) is 21.2 Å². The molecule has 0 fully saturated rings. The zero-order valence-electron chi connectivity index (χ0n) is 18.3. The number of nitrogens with zero attached hydrogens (tertiary/aromatic N) is 1. The van der Waals surface area contributed by atoms with Crippen LogP contribution in [0.25, 0.3) is 0 Å². The van der Waals surface area contributed by atoms with E-state index in [2.05, 4.69) is 19.6 Å². The lowest BCUT2D eigenvalue weighted by molar-refractivity contribution is 0.0904. The molecule has 1 atom stereocenters. The van der Waals surface area contributed by atoms with Gasteiger partial charge in [0, 0.05) is 5.56 Å². The summed E-state index contributed by atoms with van der Waals surface area (Å²) in [6.07, 6.45) is 0. The Morgan fingerprint density at radius 1 is 0.867 bits per heavy atom. The Bertz CT molecular complexity index is 999. The number of carbonyl (C=O) groups excluding carboxylic acids is 1. The molecule has 0 aromatic heterocycles. The predicted molar refractivity (Wildman–Crippen MR) is 125 cm³/mol. The lowest BCUT2D eigenvalue weighted by atomic mass is 9.93. The van der Waals surface area contributed by atoms with Gasteiger partial charge in [0.15, 0.2) is 5.78 Å². The van der Waals surface area contributed by atoms with Crippen LogP contribution in [0.5, 0.6) is 5.75 Å². The summed E-state index contributed by atoms with van der Waals surface area (Å²) in [5.74, 6) is 0.643. The van der Waals surface area contributed by atoms with Crippen molar-refractivity contribution < 1.29 is 14.1 Å². The lowest BCUT2D eigenvalue weighted by Crippen LogP contribution is -2.43. The molecule has 156 valence electrons. The minimum atomic E-state index is -2.08. The van der Waals surface area contributed by atoms with Gasteiger partial charge in [0.1, 0.15) is 17.5 Å². The van der Waals surface area contributed by atoms with Crippen molar-refractivity contribution in [3.8, 4) is 5.75 Å². The maximum Gasteiger partial charge on any atom is 0.220 e. The van der Waals surface area contributed by atoms with Gasteiger partial charge >= 0.3 is 0 Å². The molecule has 0 N–H and O–H groups in total. The molecule has 0 saturated heterocycles. The van der Waals surface area contributed by atoms with Gasteiger partial charge in [0.05, 0.1) is 7.11 Å². The molecule has 0 bridgehead atoms. The summed E-state index contributed by atoms with van der Waals surface area (Å²) in [4.78, 5) is 13.9. The van der Waals surface area contributed by atoms with E-state index in [1.165, 1.54) is 0 Å². The van der Waals surface area contributed by atoms with Crippen molar-refractivity contribution in [3.05, 3.63) is 95.6 Å². The highest BCUT2D eigenvalue weighted by molar-refractivity contribution is 6.69. The first-order valence-corrected chi connectivity index (χ1v) is 13.5. The number of Topliss-reactive ketones (excluding diaryl/α,β-unsaturated/α-hetero) is 1. The maximum atomic E-state index is 13.9. The van der Waals surface area contributed by atoms with Crippen molar-refractivity contribution in [2.75, 3.05) is 12.2 Å². The summed E-state index contributed by atoms with van der Waals surface area (Å²) in [6, 6.07) is 24.4. The van der Waals surface area contributed by atoms with Gasteiger partial charge in [0.2, 0.25) is 8.32 Å². The third kappa shape index (κ3) is 4.98. The number of benzene rings is 3. The average Bonchev–Trinajstić information content (AvgIpc) is 2.74. The van der Waals surface area contributed by atoms with Crippen LogP contribution in [0.4, 0.5) is 5.69 Å². The Morgan fingerprint density at radius 2 is 1.47 bits per heavy atom. The fourth-order valence-electron chi connectivity index (χ4n) is 3.38. The molecule has 30 heavy (non-hydrogen) atoms. The minimum absolute atomic E-state index is 0.0194. The molecular formula is C25H29NO3Si. The van der Waals surface area contributed by atoms with Gasteiger partial charge in [-0.1, -0.05) is 66.7 Å². The first-order valence-electron chi connectivity index (χ1n) is 10.1. The van der Waals surface area contributed by atoms with E-state index >= 15 is 0 Å². The summed E-state index contributed by atoms with van der Waals surface area (Å²) in [5, 5.41) is 1.77. The maximum absolute atomic E-state index is 13.9. The van der Waals surface area contributed by atoms with Crippen LogP contribution in [0, 0.1) is 6.92 Å². The number of ether oxygens (including phenoxy) is 1. The van der Waals surface area contributed by atoms with E-state index in [1.807, 2.05) is 85.8 Å². The highest BCUT2D eigenvalue weighted by atomic mass is 28.4. The Labute approximate surface area is 180 Å². The fraction of sp³-hybridized carbons (Fsp3) is 0.240. The van der Waals surface area contributed by atoms with Crippen LogP contribution < -0.4 is 9.80 Å². The SMILES string of the molecule is COc1ccccc1N(O[Si](C)(C)C)C(C(=O)c1ccccc1)c1ccccc1C. The first kappa shape index (κ1) is 21.8. The minimum Gasteiger partial charge on any atom is -0.494 e. The van der Waals surface area contributed by atoms with Gasteiger partial charge in [0.25, 0.3) is 0 Å². The Kier molecular flexibility index (Phi) is 6.75.